The predicted octanol–water partition coefficient (Wildman–Crippen LogP) is 3.17. The van der Waals surface area contributed by atoms with Crippen LogP contribution in [-0.2, 0) is 11.2 Å². The normalized spacial score (nSPS) is 13.7. The summed E-state index contributed by atoms with van der Waals surface area (Å²) in [5.74, 6) is -2.07. The molecule has 1 rings (SSSR count). The Hall–Kier alpha value is -1.28. The Balaban J connectivity index is 3.09. The summed E-state index contributed by atoms with van der Waals surface area (Å²) < 4.78 is 0. The Bertz CT molecular complexity index is 509. The molecule has 1 aromatic rings. The van der Waals surface area contributed by atoms with Crippen LogP contribution in [0.5, 0.6) is 0 Å². The molecule has 2 atom stereocenters. The molecule has 1 aromatic carbocycles. The van der Waals surface area contributed by atoms with Gasteiger partial charge in [-0.3, -0.25) is 4.79 Å². The maximum Gasteiger partial charge on any atom is 0.309 e. The van der Waals surface area contributed by atoms with Gasteiger partial charge < -0.3 is 10.2 Å². The minimum Gasteiger partial charge on any atom is -0.481 e. The van der Waals surface area contributed by atoms with Crippen molar-refractivity contribution in [2.24, 2.45) is 5.92 Å². The van der Waals surface area contributed by atoms with Crippen molar-refractivity contribution in [1.29, 1.82) is 0 Å². The summed E-state index contributed by atoms with van der Waals surface area (Å²) in [5.41, 5.74) is 0.719. The number of aliphatic carboxylic acids is 1. The zero-order valence-electron chi connectivity index (χ0n) is 9.52. The Morgan fingerprint density at radius 3 is 2.50 bits per heavy atom. The minimum atomic E-state index is -1.11. The molecule has 2 N–H and O–H groups in total. The molecular formula is C12H11Cl2NO3. The molecule has 0 aliphatic rings. The summed E-state index contributed by atoms with van der Waals surface area (Å²) in [7, 11) is 0. The summed E-state index contributed by atoms with van der Waals surface area (Å²) in [4.78, 5) is 14.2. The van der Waals surface area contributed by atoms with E-state index in [-0.39, 0.29) is 22.2 Å². The number of carbonyl (C=O) groups is 1. The van der Waals surface area contributed by atoms with Crippen molar-refractivity contribution in [3.05, 3.63) is 39.2 Å². The van der Waals surface area contributed by atoms with E-state index < -0.39 is 18.0 Å². The quantitative estimate of drug-likeness (QED) is 0.836. The lowest BCUT2D eigenvalue weighted by Crippen LogP contribution is -2.27. The first-order valence-corrected chi connectivity index (χ1v) is 5.89. The monoisotopic (exact) mass is 287 g/mol. The van der Waals surface area contributed by atoms with E-state index in [9.17, 15) is 9.90 Å². The molecule has 0 aromatic heterocycles. The first-order valence-electron chi connectivity index (χ1n) is 5.13. The van der Waals surface area contributed by atoms with Gasteiger partial charge >= 0.3 is 5.97 Å². The molecule has 0 fully saturated rings. The number of benzene rings is 1. The fourth-order valence-corrected chi connectivity index (χ4v) is 1.99. The minimum absolute atomic E-state index is 0.0594. The molecule has 0 bridgehead atoms. The lowest BCUT2D eigenvalue weighted by molar-refractivity contribution is -0.145. The highest BCUT2D eigenvalue weighted by molar-refractivity contribution is 6.44. The third-order valence-electron chi connectivity index (χ3n) is 2.60. The summed E-state index contributed by atoms with van der Waals surface area (Å²) in [6, 6.07) is 3.04. The average Bonchev–Trinajstić information content (AvgIpc) is 2.30. The number of nitrogens with zero attached hydrogens (tertiary/aromatic N) is 1. The van der Waals surface area contributed by atoms with Crippen LogP contribution in [-0.4, -0.2) is 22.3 Å². The molecule has 0 aliphatic carbocycles. The molecule has 0 radical (unpaired) electrons. The number of hydrogen-bond acceptors (Lipinski definition) is 2. The maximum atomic E-state index is 11.0. The molecule has 0 heterocycles. The summed E-state index contributed by atoms with van der Waals surface area (Å²) in [6.07, 6.45) is -0.943. The van der Waals surface area contributed by atoms with Crippen LogP contribution in [0.15, 0.2) is 12.1 Å². The van der Waals surface area contributed by atoms with Gasteiger partial charge in [0.2, 0.25) is 5.69 Å². The van der Waals surface area contributed by atoms with Crippen molar-refractivity contribution in [2.45, 2.75) is 19.4 Å². The number of carboxylic acid groups (broad SMARTS) is 1. The lowest BCUT2D eigenvalue weighted by Gasteiger charge is -2.16. The van der Waals surface area contributed by atoms with Gasteiger partial charge in [0.05, 0.1) is 28.6 Å². The fraction of sp³-hybridized carbons (Fsp3) is 0.333. The van der Waals surface area contributed by atoms with Gasteiger partial charge in [-0.15, -0.1) is 0 Å². The Labute approximate surface area is 115 Å². The molecule has 0 saturated heterocycles. The second kappa shape index (κ2) is 6.05. The van der Waals surface area contributed by atoms with Crippen molar-refractivity contribution in [3.63, 3.8) is 0 Å². The molecular weight excluding hydrogens is 277 g/mol. The molecule has 0 amide bonds. The maximum absolute atomic E-state index is 11.0. The van der Waals surface area contributed by atoms with E-state index >= 15 is 0 Å². The van der Waals surface area contributed by atoms with Gasteiger partial charge in [0.1, 0.15) is 0 Å². The van der Waals surface area contributed by atoms with Gasteiger partial charge in [-0.1, -0.05) is 35.3 Å². The number of hydrogen-bond donors (Lipinski definition) is 2. The first kappa shape index (κ1) is 14.8. The Kier molecular flexibility index (Phi) is 4.97. The van der Waals surface area contributed by atoms with Crippen LogP contribution < -0.4 is 0 Å². The molecule has 0 spiro atoms. The molecule has 96 valence electrons. The molecule has 0 saturated carbocycles. The van der Waals surface area contributed by atoms with Gasteiger partial charge in [0.15, 0.2) is 0 Å². The van der Waals surface area contributed by atoms with E-state index in [0.717, 1.165) is 0 Å². The number of aliphatic hydroxyl groups is 1. The summed E-state index contributed by atoms with van der Waals surface area (Å²) >= 11 is 11.9. The highest BCUT2D eigenvalue weighted by Gasteiger charge is 2.25. The molecule has 18 heavy (non-hydrogen) atoms. The number of aliphatic hydroxyl groups excluding tert-OH is 1. The largest absolute Gasteiger partial charge is 0.481 e. The van der Waals surface area contributed by atoms with E-state index in [1.807, 2.05) is 0 Å². The standard InChI is InChI=1S/C12H11Cl2NO3/c1-6(16)8(12(17)18)5-7-3-4-9(15-2)11(14)10(7)13/h3-4,6,8,16H,5H2,1H3,(H,17,18)/t6-,8+/m0/s1. The molecule has 6 heteroatoms. The molecule has 0 unspecified atom stereocenters. The first-order chi connectivity index (χ1) is 8.38. The van der Waals surface area contributed by atoms with Crippen LogP contribution >= 0.6 is 23.2 Å². The highest BCUT2D eigenvalue weighted by Crippen LogP contribution is 2.36. The van der Waals surface area contributed by atoms with Crippen molar-refractivity contribution in [2.75, 3.05) is 0 Å². The van der Waals surface area contributed by atoms with Crippen molar-refractivity contribution < 1.29 is 15.0 Å². The van der Waals surface area contributed by atoms with Gasteiger partial charge in [0, 0.05) is 0 Å². The molecule has 4 nitrogen and oxygen atoms in total. The Morgan fingerprint density at radius 2 is 2.06 bits per heavy atom. The van der Waals surface area contributed by atoms with Gasteiger partial charge in [0.25, 0.3) is 0 Å². The lowest BCUT2D eigenvalue weighted by atomic mass is 9.95. The number of rotatable bonds is 4. The zero-order chi connectivity index (χ0) is 13.9. The van der Waals surface area contributed by atoms with E-state index in [2.05, 4.69) is 4.85 Å². The van der Waals surface area contributed by atoms with Gasteiger partial charge in [-0.2, -0.15) is 0 Å². The highest BCUT2D eigenvalue weighted by atomic mass is 35.5. The predicted molar refractivity (Wildman–Crippen MR) is 69.2 cm³/mol. The van der Waals surface area contributed by atoms with Gasteiger partial charge in [-0.05, 0) is 18.9 Å². The summed E-state index contributed by atoms with van der Waals surface area (Å²) in [5, 5.41) is 18.7. The van der Waals surface area contributed by atoms with Crippen LogP contribution in [0.4, 0.5) is 5.69 Å². The third kappa shape index (κ3) is 3.14. The van der Waals surface area contributed by atoms with Crippen LogP contribution in [0.2, 0.25) is 10.0 Å². The van der Waals surface area contributed by atoms with Crippen LogP contribution in [0, 0.1) is 12.5 Å². The average molecular weight is 288 g/mol. The number of carboxylic acids is 1. The van der Waals surface area contributed by atoms with Gasteiger partial charge in [-0.25, -0.2) is 4.85 Å². The second-order valence-corrected chi connectivity index (χ2v) is 4.63. The fourth-order valence-electron chi connectivity index (χ4n) is 1.52. The number of halogens is 2. The Morgan fingerprint density at radius 1 is 1.44 bits per heavy atom. The second-order valence-electron chi connectivity index (χ2n) is 3.87. The topological polar surface area (TPSA) is 61.9 Å². The van der Waals surface area contributed by atoms with Crippen LogP contribution in [0.25, 0.3) is 4.85 Å². The van der Waals surface area contributed by atoms with E-state index in [4.69, 9.17) is 34.9 Å². The van der Waals surface area contributed by atoms with E-state index in [1.54, 1.807) is 6.07 Å². The smallest absolute Gasteiger partial charge is 0.309 e. The van der Waals surface area contributed by atoms with E-state index in [1.165, 1.54) is 13.0 Å². The summed E-state index contributed by atoms with van der Waals surface area (Å²) in [6.45, 7) is 8.28. The van der Waals surface area contributed by atoms with Crippen molar-refractivity contribution in [3.8, 4) is 0 Å². The van der Waals surface area contributed by atoms with Crippen LogP contribution in [0.3, 0.4) is 0 Å². The van der Waals surface area contributed by atoms with Crippen molar-refractivity contribution in [1.82, 2.24) is 0 Å². The van der Waals surface area contributed by atoms with E-state index in [0.29, 0.717) is 5.56 Å². The zero-order valence-corrected chi connectivity index (χ0v) is 11.0. The molecule has 0 aliphatic heterocycles. The van der Waals surface area contributed by atoms with Crippen molar-refractivity contribution >= 4 is 34.9 Å². The third-order valence-corrected chi connectivity index (χ3v) is 3.51. The van der Waals surface area contributed by atoms with Crippen LogP contribution in [0.1, 0.15) is 12.5 Å². The SMILES string of the molecule is [C-]#[N+]c1ccc(C[C@@H](C(=O)O)[C@H](C)O)c(Cl)c1Cl.